The van der Waals surface area contributed by atoms with Gasteiger partial charge >= 0.3 is 5.97 Å². The molecule has 0 aliphatic carbocycles. The molecule has 2 rings (SSSR count). The third kappa shape index (κ3) is 3.48. The maximum absolute atomic E-state index is 11.8. The predicted octanol–water partition coefficient (Wildman–Crippen LogP) is 0.772. The highest BCUT2D eigenvalue weighted by Gasteiger charge is 2.18. The monoisotopic (exact) mass is 278 g/mol. The summed E-state index contributed by atoms with van der Waals surface area (Å²) in [5.41, 5.74) is 5.99. The summed E-state index contributed by atoms with van der Waals surface area (Å²) in [4.78, 5) is 24.3. The molecule has 108 valence electrons. The molecule has 1 aliphatic rings. The average Bonchev–Trinajstić information content (AvgIpc) is 2.98. The van der Waals surface area contributed by atoms with Crippen molar-refractivity contribution in [3.8, 4) is 5.75 Å². The minimum absolute atomic E-state index is 0.00430. The molecule has 3 N–H and O–H groups in total. The van der Waals surface area contributed by atoms with Crippen LogP contribution in [-0.2, 0) is 9.59 Å². The van der Waals surface area contributed by atoms with E-state index in [-0.39, 0.29) is 12.5 Å². The van der Waals surface area contributed by atoms with Crippen LogP contribution >= 0.6 is 0 Å². The summed E-state index contributed by atoms with van der Waals surface area (Å²) >= 11 is 0. The van der Waals surface area contributed by atoms with Crippen molar-refractivity contribution in [2.45, 2.75) is 18.9 Å². The molecule has 0 unspecified atom stereocenters. The van der Waals surface area contributed by atoms with E-state index in [0.29, 0.717) is 11.3 Å². The van der Waals surface area contributed by atoms with E-state index >= 15 is 0 Å². The lowest BCUT2D eigenvalue weighted by Gasteiger charge is -2.15. The van der Waals surface area contributed by atoms with Crippen LogP contribution in [-0.4, -0.2) is 41.6 Å². The largest absolute Gasteiger partial charge is 0.484 e. The molecule has 0 saturated carbocycles. The number of likely N-dealkylation sites (tertiary alicyclic amines) is 1. The predicted molar refractivity (Wildman–Crippen MR) is 72.3 cm³/mol. The van der Waals surface area contributed by atoms with Crippen molar-refractivity contribution in [3.63, 3.8) is 0 Å². The van der Waals surface area contributed by atoms with Crippen molar-refractivity contribution in [1.82, 2.24) is 4.90 Å². The smallest absolute Gasteiger partial charge is 0.325 e. The van der Waals surface area contributed by atoms with Gasteiger partial charge in [-0.1, -0.05) is 12.1 Å². The number of amides is 1. The molecule has 1 saturated heterocycles. The number of benzene rings is 1. The van der Waals surface area contributed by atoms with Crippen LogP contribution in [0.25, 0.3) is 0 Å². The van der Waals surface area contributed by atoms with Gasteiger partial charge in [0.05, 0.1) is 0 Å². The fraction of sp³-hybridized carbons (Fsp3) is 0.429. The van der Waals surface area contributed by atoms with E-state index < -0.39 is 12.0 Å². The number of rotatable bonds is 5. The summed E-state index contributed by atoms with van der Waals surface area (Å²) in [6, 6.07) is 5.38. The summed E-state index contributed by atoms with van der Waals surface area (Å²) in [6.45, 7) is 1.60. The van der Waals surface area contributed by atoms with Crippen LogP contribution < -0.4 is 10.5 Å². The van der Waals surface area contributed by atoms with Crippen LogP contribution in [0, 0.1) is 0 Å². The van der Waals surface area contributed by atoms with E-state index in [4.69, 9.17) is 15.6 Å². The zero-order valence-electron chi connectivity index (χ0n) is 11.1. The SMILES string of the molecule is N[C@H](C(=O)O)c1ccc(OCC(=O)N2CCCC2)cc1. The third-order valence-corrected chi connectivity index (χ3v) is 3.33. The zero-order valence-corrected chi connectivity index (χ0v) is 11.1. The fourth-order valence-corrected chi connectivity index (χ4v) is 2.12. The highest BCUT2D eigenvalue weighted by Crippen LogP contribution is 2.17. The highest BCUT2D eigenvalue weighted by atomic mass is 16.5. The van der Waals surface area contributed by atoms with Crippen molar-refractivity contribution < 1.29 is 19.4 Å². The van der Waals surface area contributed by atoms with Gasteiger partial charge in [-0.25, -0.2) is 0 Å². The Balaban J connectivity index is 1.87. The first-order valence-corrected chi connectivity index (χ1v) is 6.57. The first-order chi connectivity index (χ1) is 9.58. The van der Waals surface area contributed by atoms with Crippen LogP contribution in [0.15, 0.2) is 24.3 Å². The molecule has 1 aliphatic heterocycles. The van der Waals surface area contributed by atoms with Crippen LogP contribution in [0.3, 0.4) is 0 Å². The summed E-state index contributed by atoms with van der Waals surface area (Å²) < 4.78 is 5.40. The lowest BCUT2D eigenvalue weighted by molar-refractivity contribution is -0.138. The number of carboxylic acid groups (broad SMARTS) is 1. The lowest BCUT2D eigenvalue weighted by atomic mass is 10.1. The van der Waals surface area contributed by atoms with E-state index in [1.54, 1.807) is 29.2 Å². The maximum atomic E-state index is 11.8. The maximum Gasteiger partial charge on any atom is 0.325 e. The third-order valence-electron chi connectivity index (χ3n) is 3.33. The number of carbonyl (C=O) groups is 2. The number of nitrogens with two attached hydrogens (primary N) is 1. The van der Waals surface area contributed by atoms with Crippen LogP contribution in [0.2, 0.25) is 0 Å². The second-order valence-electron chi connectivity index (χ2n) is 4.76. The van der Waals surface area contributed by atoms with E-state index in [0.717, 1.165) is 25.9 Å². The summed E-state index contributed by atoms with van der Waals surface area (Å²) in [5, 5.41) is 8.80. The Labute approximate surface area is 117 Å². The van der Waals surface area contributed by atoms with Gasteiger partial charge in [0.15, 0.2) is 6.61 Å². The minimum Gasteiger partial charge on any atom is -0.484 e. The molecule has 20 heavy (non-hydrogen) atoms. The average molecular weight is 278 g/mol. The number of aliphatic carboxylic acids is 1. The van der Waals surface area contributed by atoms with Crippen LogP contribution in [0.4, 0.5) is 0 Å². The van der Waals surface area contributed by atoms with E-state index in [1.165, 1.54) is 0 Å². The van der Waals surface area contributed by atoms with Gasteiger partial charge in [-0.3, -0.25) is 9.59 Å². The summed E-state index contributed by atoms with van der Waals surface area (Å²) in [5.74, 6) is -0.574. The normalized spacial score (nSPS) is 15.9. The molecule has 0 aromatic heterocycles. The lowest BCUT2D eigenvalue weighted by Crippen LogP contribution is -2.32. The van der Waals surface area contributed by atoms with E-state index in [2.05, 4.69) is 0 Å². The number of hydrogen-bond acceptors (Lipinski definition) is 4. The van der Waals surface area contributed by atoms with E-state index in [1.807, 2.05) is 0 Å². The summed E-state index contributed by atoms with van der Waals surface area (Å²) in [6.07, 6.45) is 2.10. The first-order valence-electron chi connectivity index (χ1n) is 6.57. The van der Waals surface area contributed by atoms with Gasteiger partial charge in [0.25, 0.3) is 5.91 Å². The van der Waals surface area contributed by atoms with Gasteiger partial charge in [-0.2, -0.15) is 0 Å². The van der Waals surface area contributed by atoms with Gasteiger partial charge in [0.1, 0.15) is 11.8 Å². The molecule has 6 nitrogen and oxygen atoms in total. The Hall–Kier alpha value is -2.08. The molecule has 1 fully saturated rings. The molecule has 0 spiro atoms. The standard InChI is InChI=1S/C14H18N2O4/c15-13(14(18)19)10-3-5-11(6-4-10)20-9-12(17)16-7-1-2-8-16/h3-6,13H,1-2,7-9,15H2,(H,18,19)/t13-/m0/s1. The van der Waals surface area contributed by atoms with Crippen molar-refractivity contribution in [1.29, 1.82) is 0 Å². The van der Waals surface area contributed by atoms with E-state index in [9.17, 15) is 9.59 Å². The van der Waals surface area contributed by atoms with Crippen molar-refractivity contribution in [2.24, 2.45) is 5.73 Å². The Morgan fingerprint density at radius 3 is 2.40 bits per heavy atom. The molecular weight excluding hydrogens is 260 g/mol. The van der Waals surface area contributed by atoms with Crippen LogP contribution in [0.1, 0.15) is 24.4 Å². The molecule has 1 aromatic rings. The van der Waals surface area contributed by atoms with Gasteiger partial charge in [0, 0.05) is 13.1 Å². The Morgan fingerprint density at radius 2 is 1.85 bits per heavy atom. The van der Waals surface area contributed by atoms with Gasteiger partial charge < -0.3 is 20.5 Å². The van der Waals surface area contributed by atoms with Crippen molar-refractivity contribution in [2.75, 3.05) is 19.7 Å². The Kier molecular flexibility index (Phi) is 4.57. The molecule has 1 aromatic carbocycles. The molecule has 6 heteroatoms. The van der Waals surface area contributed by atoms with Gasteiger partial charge in [-0.05, 0) is 30.5 Å². The molecule has 0 radical (unpaired) electrons. The molecular formula is C14H18N2O4. The Bertz CT molecular complexity index is 480. The van der Waals surface area contributed by atoms with Gasteiger partial charge in [0.2, 0.25) is 0 Å². The van der Waals surface area contributed by atoms with Gasteiger partial charge in [-0.15, -0.1) is 0 Å². The molecule has 1 atom stereocenters. The second kappa shape index (κ2) is 6.38. The fourth-order valence-electron chi connectivity index (χ4n) is 2.12. The first kappa shape index (κ1) is 14.3. The topological polar surface area (TPSA) is 92.9 Å². The Morgan fingerprint density at radius 1 is 1.25 bits per heavy atom. The number of ether oxygens (including phenoxy) is 1. The molecule has 1 amide bonds. The second-order valence-corrected chi connectivity index (χ2v) is 4.76. The molecule has 0 bridgehead atoms. The van der Waals surface area contributed by atoms with Crippen LogP contribution in [0.5, 0.6) is 5.75 Å². The number of hydrogen-bond donors (Lipinski definition) is 2. The minimum atomic E-state index is -1.08. The zero-order chi connectivity index (χ0) is 14.5. The number of carboxylic acids is 1. The quantitative estimate of drug-likeness (QED) is 0.830. The summed E-state index contributed by atoms with van der Waals surface area (Å²) in [7, 11) is 0. The highest BCUT2D eigenvalue weighted by molar-refractivity contribution is 5.78. The molecule has 1 heterocycles. The van der Waals surface area contributed by atoms with Crippen molar-refractivity contribution in [3.05, 3.63) is 29.8 Å². The number of nitrogens with zero attached hydrogens (tertiary/aromatic N) is 1. The number of carbonyl (C=O) groups excluding carboxylic acids is 1. The van der Waals surface area contributed by atoms with Crippen molar-refractivity contribution >= 4 is 11.9 Å².